The Morgan fingerprint density at radius 3 is 2.69 bits per heavy atom. The molecule has 0 saturated carbocycles. The van der Waals surface area contributed by atoms with Gasteiger partial charge in [0.1, 0.15) is 0 Å². The van der Waals surface area contributed by atoms with Crippen LogP contribution in [0.5, 0.6) is 0 Å². The SMILES string of the molecule is CC(Sc1nnc(-c2c[nH]c3ccccc23)n1-c1ccc(Cl)cc1)C(=O)N1CCNC1=O. The van der Waals surface area contributed by atoms with E-state index in [0.29, 0.717) is 29.1 Å². The molecule has 2 aromatic heterocycles. The Bertz CT molecular complexity index is 1320. The number of hydrogen-bond donors (Lipinski definition) is 2. The lowest BCUT2D eigenvalue weighted by Gasteiger charge is -2.17. The van der Waals surface area contributed by atoms with Crippen LogP contribution in [0.2, 0.25) is 5.02 Å². The van der Waals surface area contributed by atoms with Crippen molar-refractivity contribution in [3.63, 3.8) is 0 Å². The van der Waals surface area contributed by atoms with Crippen LogP contribution in [-0.2, 0) is 4.79 Å². The summed E-state index contributed by atoms with van der Waals surface area (Å²) in [5.74, 6) is 0.384. The third kappa shape index (κ3) is 3.63. The molecule has 1 unspecified atom stereocenters. The number of H-pyrrole nitrogens is 1. The second kappa shape index (κ2) is 8.33. The summed E-state index contributed by atoms with van der Waals surface area (Å²) in [7, 11) is 0. The number of urea groups is 1. The minimum atomic E-state index is -0.523. The van der Waals surface area contributed by atoms with Crippen LogP contribution in [0.1, 0.15) is 6.92 Å². The number of para-hydroxylation sites is 1. The summed E-state index contributed by atoms with van der Waals surface area (Å²) < 4.78 is 1.91. The van der Waals surface area contributed by atoms with Gasteiger partial charge in [0, 0.05) is 46.5 Å². The van der Waals surface area contributed by atoms with Gasteiger partial charge in [0.15, 0.2) is 11.0 Å². The molecule has 0 bridgehead atoms. The number of hydrogen-bond acceptors (Lipinski definition) is 5. The third-order valence-electron chi connectivity index (χ3n) is 5.30. The van der Waals surface area contributed by atoms with E-state index in [1.807, 2.05) is 47.2 Å². The first kappa shape index (κ1) is 20.6. The molecule has 3 amide bonds. The molecule has 1 atom stereocenters. The van der Waals surface area contributed by atoms with Crippen LogP contribution in [0.4, 0.5) is 4.79 Å². The van der Waals surface area contributed by atoms with Gasteiger partial charge in [-0.2, -0.15) is 0 Å². The van der Waals surface area contributed by atoms with Crippen LogP contribution < -0.4 is 5.32 Å². The number of aromatic amines is 1. The first-order valence-electron chi connectivity index (χ1n) is 10.1. The van der Waals surface area contributed by atoms with Gasteiger partial charge < -0.3 is 10.3 Å². The molecular formula is C22H19ClN6O2S. The van der Waals surface area contributed by atoms with Gasteiger partial charge in [0.25, 0.3) is 0 Å². The molecule has 32 heavy (non-hydrogen) atoms. The number of carbonyl (C=O) groups excluding carboxylic acids is 2. The fraction of sp³-hybridized carbons (Fsp3) is 0.182. The number of aromatic nitrogens is 4. The molecule has 4 aromatic rings. The summed E-state index contributed by atoms with van der Waals surface area (Å²) in [6.07, 6.45) is 1.90. The van der Waals surface area contributed by atoms with Crippen molar-refractivity contribution in [2.24, 2.45) is 0 Å². The van der Waals surface area contributed by atoms with Crippen LogP contribution in [-0.4, -0.2) is 54.9 Å². The van der Waals surface area contributed by atoms with Crippen molar-refractivity contribution in [1.29, 1.82) is 0 Å². The number of halogens is 1. The predicted octanol–water partition coefficient (Wildman–Crippen LogP) is 4.10. The number of benzene rings is 2. The van der Waals surface area contributed by atoms with Crippen molar-refractivity contribution < 1.29 is 9.59 Å². The normalized spacial score (nSPS) is 14.7. The highest BCUT2D eigenvalue weighted by Crippen LogP contribution is 2.34. The monoisotopic (exact) mass is 466 g/mol. The molecule has 0 spiro atoms. The smallest absolute Gasteiger partial charge is 0.324 e. The van der Waals surface area contributed by atoms with E-state index in [1.54, 1.807) is 19.1 Å². The summed E-state index contributed by atoms with van der Waals surface area (Å²) >= 11 is 7.37. The maximum atomic E-state index is 12.8. The Morgan fingerprint density at radius 1 is 1.16 bits per heavy atom. The summed E-state index contributed by atoms with van der Waals surface area (Å²) in [4.78, 5) is 29.2. The second-order valence-corrected chi connectivity index (χ2v) is 9.09. The molecule has 2 N–H and O–H groups in total. The molecule has 1 aliphatic heterocycles. The highest BCUT2D eigenvalue weighted by atomic mass is 35.5. The van der Waals surface area contributed by atoms with E-state index in [1.165, 1.54) is 16.7 Å². The van der Waals surface area contributed by atoms with Crippen molar-refractivity contribution in [3.8, 4) is 17.1 Å². The van der Waals surface area contributed by atoms with Gasteiger partial charge >= 0.3 is 6.03 Å². The number of imide groups is 1. The largest absolute Gasteiger partial charge is 0.360 e. The zero-order valence-corrected chi connectivity index (χ0v) is 18.7. The number of rotatable bonds is 5. The van der Waals surface area contributed by atoms with E-state index < -0.39 is 5.25 Å². The second-order valence-electron chi connectivity index (χ2n) is 7.35. The molecule has 1 aliphatic rings. The summed E-state index contributed by atoms with van der Waals surface area (Å²) in [6.45, 7) is 2.60. The van der Waals surface area contributed by atoms with Crippen LogP contribution in [0.25, 0.3) is 28.0 Å². The average Bonchev–Trinajstić information content (AvgIpc) is 3.52. The highest BCUT2D eigenvalue weighted by molar-refractivity contribution is 8.00. The molecule has 162 valence electrons. The van der Waals surface area contributed by atoms with Crippen molar-refractivity contribution in [3.05, 3.63) is 59.8 Å². The van der Waals surface area contributed by atoms with Gasteiger partial charge in [-0.15, -0.1) is 10.2 Å². The molecule has 5 rings (SSSR count). The van der Waals surface area contributed by atoms with Gasteiger partial charge in [-0.3, -0.25) is 14.3 Å². The Kier molecular flexibility index (Phi) is 5.36. The van der Waals surface area contributed by atoms with Crippen molar-refractivity contribution in [2.45, 2.75) is 17.3 Å². The lowest BCUT2D eigenvalue weighted by atomic mass is 10.1. The summed E-state index contributed by atoms with van der Waals surface area (Å²) in [6, 6.07) is 15.0. The van der Waals surface area contributed by atoms with Crippen LogP contribution in [0.3, 0.4) is 0 Å². The van der Waals surface area contributed by atoms with Gasteiger partial charge in [-0.05, 0) is 37.3 Å². The minimum Gasteiger partial charge on any atom is -0.360 e. The molecule has 8 nitrogen and oxygen atoms in total. The Morgan fingerprint density at radius 2 is 1.94 bits per heavy atom. The number of nitrogens with one attached hydrogen (secondary N) is 2. The number of nitrogens with zero attached hydrogens (tertiary/aromatic N) is 4. The van der Waals surface area contributed by atoms with Crippen molar-refractivity contribution >= 4 is 46.2 Å². The van der Waals surface area contributed by atoms with E-state index >= 15 is 0 Å². The predicted molar refractivity (Wildman–Crippen MR) is 124 cm³/mol. The van der Waals surface area contributed by atoms with Crippen molar-refractivity contribution in [2.75, 3.05) is 13.1 Å². The Balaban J connectivity index is 1.56. The standard InChI is InChI=1S/C22H19ClN6O2S/c1-13(20(30)28-11-10-24-21(28)31)32-22-27-26-19(29(22)15-8-6-14(23)7-9-15)17-12-25-18-5-3-2-4-16(17)18/h2-9,12-13,25H,10-11H2,1H3,(H,24,31). The Hall–Kier alpha value is -3.30. The van der Waals surface area contributed by atoms with E-state index in [4.69, 9.17) is 11.6 Å². The minimum absolute atomic E-state index is 0.260. The van der Waals surface area contributed by atoms with Crippen molar-refractivity contribution in [1.82, 2.24) is 30.0 Å². The van der Waals surface area contributed by atoms with Crippen LogP contribution >= 0.6 is 23.4 Å². The molecule has 2 aromatic carbocycles. The van der Waals surface area contributed by atoms with E-state index in [2.05, 4.69) is 20.5 Å². The number of carbonyl (C=O) groups is 2. The maximum Gasteiger partial charge on any atom is 0.324 e. The molecule has 1 fully saturated rings. The van der Waals surface area contributed by atoms with Gasteiger partial charge in [0.2, 0.25) is 5.91 Å². The zero-order chi connectivity index (χ0) is 22.2. The summed E-state index contributed by atoms with van der Waals surface area (Å²) in [5.41, 5.74) is 2.71. The molecular weight excluding hydrogens is 448 g/mol. The highest BCUT2D eigenvalue weighted by Gasteiger charge is 2.31. The molecule has 0 aliphatic carbocycles. The fourth-order valence-corrected chi connectivity index (χ4v) is 4.77. The first-order valence-corrected chi connectivity index (χ1v) is 11.3. The van der Waals surface area contributed by atoms with E-state index in [-0.39, 0.29) is 11.9 Å². The van der Waals surface area contributed by atoms with Crippen LogP contribution in [0, 0.1) is 0 Å². The first-order chi connectivity index (χ1) is 15.5. The van der Waals surface area contributed by atoms with Crippen LogP contribution in [0.15, 0.2) is 59.9 Å². The lowest BCUT2D eigenvalue weighted by molar-refractivity contribution is -0.126. The zero-order valence-electron chi connectivity index (χ0n) is 17.1. The molecule has 10 heteroatoms. The summed E-state index contributed by atoms with van der Waals surface area (Å²) in [5, 5.41) is 13.2. The van der Waals surface area contributed by atoms with E-state index in [9.17, 15) is 9.59 Å². The third-order valence-corrected chi connectivity index (χ3v) is 6.58. The fourth-order valence-electron chi connectivity index (χ4n) is 3.71. The average molecular weight is 467 g/mol. The quantitative estimate of drug-likeness (QED) is 0.432. The topological polar surface area (TPSA) is 95.9 Å². The number of fused-ring (bicyclic) bond motifs is 1. The maximum absolute atomic E-state index is 12.8. The van der Waals surface area contributed by atoms with E-state index in [0.717, 1.165) is 22.2 Å². The van der Waals surface area contributed by atoms with Gasteiger partial charge in [0.05, 0.1) is 5.25 Å². The Labute approximate surface area is 193 Å². The van der Waals surface area contributed by atoms with Gasteiger partial charge in [-0.25, -0.2) is 4.79 Å². The molecule has 1 saturated heterocycles. The molecule has 3 heterocycles. The molecule has 0 radical (unpaired) electrons. The number of thioether (sulfide) groups is 1. The lowest BCUT2D eigenvalue weighted by Crippen LogP contribution is -2.39. The number of amides is 3. The van der Waals surface area contributed by atoms with Gasteiger partial charge in [-0.1, -0.05) is 41.6 Å².